The van der Waals surface area contributed by atoms with E-state index in [1.807, 2.05) is 26.0 Å². The Morgan fingerprint density at radius 2 is 2.41 bits per heavy atom. The second-order valence-corrected chi connectivity index (χ2v) is 5.67. The molecular formula is C16H22N4OS. The Balaban J connectivity index is 2.20. The van der Waals surface area contributed by atoms with E-state index in [4.69, 9.17) is 4.11 Å². The van der Waals surface area contributed by atoms with E-state index >= 15 is 0 Å². The fourth-order valence-electron chi connectivity index (χ4n) is 2.24. The maximum absolute atomic E-state index is 12.8. The number of carbonyl (C=O) groups is 1. The normalized spacial score (nSPS) is 14.8. The van der Waals surface area contributed by atoms with Gasteiger partial charge in [-0.25, -0.2) is 4.68 Å². The summed E-state index contributed by atoms with van der Waals surface area (Å²) in [6, 6.07) is 3.71. The molecule has 0 N–H and O–H groups in total. The van der Waals surface area contributed by atoms with Crippen molar-refractivity contribution >= 4 is 23.4 Å². The minimum atomic E-state index is -2.09. The quantitative estimate of drug-likeness (QED) is 0.821. The molecule has 0 aromatic carbocycles. The Bertz CT molecular complexity index is 718. The number of hydrogen-bond acceptors (Lipinski definition) is 4. The topological polar surface area (TPSA) is 51.0 Å². The van der Waals surface area contributed by atoms with E-state index in [9.17, 15) is 4.79 Å². The van der Waals surface area contributed by atoms with Crippen LogP contribution in [0.3, 0.4) is 0 Å². The molecule has 0 saturated heterocycles. The molecule has 1 atom stereocenters. The van der Waals surface area contributed by atoms with Crippen molar-refractivity contribution in [2.75, 3.05) is 23.4 Å². The zero-order valence-corrected chi connectivity index (χ0v) is 13.8. The van der Waals surface area contributed by atoms with Crippen LogP contribution in [-0.2, 0) is 4.79 Å². The highest BCUT2D eigenvalue weighted by Crippen LogP contribution is 2.23. The van der Waals surface area contributed by atoms with E-state index in [-0.39, 0.29) is 11.7 Å². The molecule has 0 saturated carbocycles. The van der Waals surface area contributed by atoms with Crippen molar-refractivity contribution in [1.82, 2.24) is 14.8 Å². The van der Waals surface area contributed by atoms with Crippen LogP contribution in [0.15, 0.2) is 30.7 Å². The van der Waals surface area contributed by atoms with Crippen molar-refractivity contribution in [3.05, 3.63) is 36.4 Å². The lowest BCUT2D eigenvalue weighted by Gasteiger charge is -2.23. The van der Waals surface area contributed by atoms with E-state index in [1.54, 1.807) is 35.1 Å². The number of anilines is 1. The number of nitrogens with zero attached hydrogens (tertiary/aromatic N) is 4. The Labute approximate surface area is 139 Å². The molecule has 118 valence electrons. The van der Waals surface area contributed by atoms with Crippen molar-refractivity contribution in [2.45, 2.75) is 20.8 Å². The van der Waals surface area contributed by atoms with Crippen LogP contribution in [0.25, 0.3) is 5.69 Å². The Hall–Kier alpha value is -1.82. The van der Waals surface area contributed by atoms with E-state index in [1.165, 1.54) is 0 Å². The van der Waals surface area contributed by atoms with Crippen LogP contribution in [0.5, 0.6) is 0 Å². The van der Waals surface area contributed by atoms with Gasteiger partial charge in [0, 0.05) is 28.5 Å². The van der Waals surface area contributed by atoms with Crippen molar-refractivity contribution in [3.63, 3.8) is 0 Å². The Kier molecular flexibility index (Phi) is 4.30. The van der Waals surface area contributed by atoms with Crippen LogP contribution in [0, 0.1) is 12.8 Å². The van der Waals surface area contributed by atoms with Crippen LogP contribution in [-0.4, -0.2) is 39.2 Å². The molecule has 22 heavy (non-hydrogen) atoms. The third-order valence-corrected chi connectivity index (χ3v) is 4.08. The van der Waals surface area contributed by atoms with Crippen LogP contribution in [0.2, 0.25) is 0 Å². The zero-order valence-electron chi connectivity index (χ0n) is 16.0. The Morgan fingerprint density at radius 1 is 1.59 bits per heavy atom. The predicted octanol–water partition coefficient (Wildman–Crippen LogP) is 2.93. The lowest BCUT2D eigenvalue weighted by molar-refractivity contribution is -0.121. The summed E-state index contributed by atoms with van der Waals surface area (Å²) in [4.78, 5) is 18.5. The summed E-state index contributed by atoms with van der Waals surface area (Å²) in [6.07, 6.45) is 3.10. The summed E-state index contributed by atoms with van der Waals surface area (Å²) in [7, 11) is 0. The molecule has 0 aliphatic carbocycles. The average molecular weight is 321 g/mol. The maximum atomic E-state index is 12.8. The third-order valence-electron chi connectivity index (χ3n) is 3.41. The maximum Gasteiger partial charge on any atom is 0.230 e. The number of thioether (sulfide) groups is 1. The van der Waals surface area contributed by atoms with Crippen molar-refractivity contribution in [2.24, 2.45) is 5.92 Å². The van der Waals surface area contributed by atoms with Gasteiger partial charge in [0.05, 0.1) is 29.5 Å². The first-order valence-electron chi connectivity index (χ1n) is 8.65. The van der Waals surface area contributed by atoms with Gasteiger partial charge in [0.2, 0.25) is 5.91 Å². The molecule has 1 amide bonds. The van der Waals surface area contributed by atoms with E-state index in [0.29, 0.717) is 6.54 Å². The summed E-state index contributed by atoms with van der Waals surface area (Å²) in [5.74, 6) is -0.249. The van der Waals surface area contributed by atoms with Gasteiger partial charge in [-0.3, -0.25) is 9.78 Å². The van der Waals surface area contributed by atoms with Crippen molar-refractivity contribution in [3.8, 4) is 5.69 Å². The van der Waals surface area contributed by atoms with Gasteiger partial charge in [0.1, 0.15) is 0 Å². The van der Waals surface area contributed by atoms with Crippen LogP contribution in [0.4, 0.5) is 5.69 Å². The standard InChI is InChI=1S/C16H22N4OS/c1-5-19(16(21)12(2)11-22-4)15-10-20(18-13(15)3)14-7-6-8-17-9-14/h6-10,12H,5,11H2,1-4H3/i4D3. The number of rotatable bonds is 6. The highest BCUT2D eigenvalue weighted by Gasteiger charge is 2.23. The number of amides is 1. The second-order valence-electron chi connectivity index (χ2n) is 5.05. The molecule has 1 unspecified atom stereocenters. The van der Waals surface area contributed by atoms with Gasteiger partial charge in [-0.15, -0.1) is 0 Å². The fourth-order valence-corrected chi connectivity index (χ4v) is 2.64. The molecule has 0 fully saturated rings. The molecule has 2 heterocycles. The minimum Gasteiger partial charge on any atom is -0.309 e. The number of aromatic nitrogens is 3. The number of hydrogen-bond donors (Lipinski definition) is 0. The molecule has 0 bridgehead atoms. The van der Waals surface area contributed by atoms with Crippen LogP contribution >= 0.6 is 11.8 Å². The lowest BCUT2D eigenvalue weighted by Crippen LogP contribution is -2.36. The molecule has 2 aromatic heterocycles. The summed E-state index contributed by atoms with van der Waals surface area (Å²) >= 11 is 0.823. The minimum absolute atomic E-state index is 0.104. The Morgan fingerprint density at radius 3 is 3.05 bits per heavy atom. The molecule has 5 nitrogen and oxygen atoms in total. The molecule has 6 heteroatoms. The zero-order chi connectivity index (χ0) is 18.6. The van der Waals surface area contributed by atoms with E-state index in [0.717, 1.165) is 28.8 Å². The fraction of sp³-hybridized carbons (Fsp3) is 0.438. The first kappa shape index (κ1) is 12.7. The van der Waals surface area contributed by atoms with Crippen molar-refractivity contribution in [1.29, 1.82) is 0 Å². The monoisotopic (exact) mass is 321 g/mol. The lowest BCUT2D eigenvalue weighted by atomic mass is 10.1. The van der Waals surface area contributed by atoms with Gasteiger partial charge >= 0.3 is 0 Å². The highest BCUT2D eigenvalue weighted by atomic mass is 32.2. The molecule has 2 aromatic rings. The van der Waals surface area contributed by atoms with Crippen molar-refractivity contribution < 1.29 is 8.91 Å². The van der Waals surface area contributed by atoms with Gasteiger partial charge in [-0.05, 0) is 32.2 Å². The predicted molar refractivity (Wildman–Crippen MR) is 91.7 cm³/mol. The smallest absolute Gasteiger partial charge is 0.230 e. The number of carbonyl (C=O) groups excluding carboxylic acids is 1. The molecule has 0 spiro atoms. The highest BCUT2D eigenvalue weighted by molar-refractivity contribution is 7.98. The first-order valence-corrected chi connectivity index (χ1v) is 8.13. The largest absolute Gasteiger partial charge is 0.309 e. The third kappa shape index (κ3) is 3.50. The molecule has 0 aliphatic heterocycles. The summed E-state index contributed by atoms with van der Waals surface area (Å²) in [5.41, 5.74) is 2.27. The molecular weight excluding hydrogens is 296 g/mol. The van der Waals surface area contributed by atoms with Gasteiger partial charge in [-0.2, -0.15) is 16.9 Å². The number of pyridine rings is 1. The SMILES string of the molecule is [2H]C([2H])([2H])SCC(C)C(=O)N(CC)c1cn(-c2cccnc2)nc1C. The van der Waals surface area contributed by atoms with Gasteiger partial charge in [0.25, 0.3) is 0 Å². The second kappa shape index (κ2) is 7.45. The average Bonchev–Trinajstić information content (AvgIpc) is 2.95. The first-order chi connectivity index (χ1) is 11.7. The molecule has 2 rings (SSSR count). The van der Waals surface area contributed by atoms with Crippen LogP contribution in [0.1, 0.15) is 23.7 Å². The summed E-state index contributed by atoms with van der Waals surface area (Å²) in [5, 5.41) is 4.46. The molecule has 0 radical (unpaired) electrons. The van der Waals surface area contributed by atoms with Gasteiger partial charge in [0.15, 0.2) is 0 Å². The van der Waals surface area contributed by atoms with Gasteiger partial charge < -0.3 is 4.90 Å². The van der Waals surface area contributed by atoms with E-state index in [2.05, 4.69) is 10.1 Å². The number of aryl methyl sites for hydroxylation is 1. The summed E-state index contributed by atoms with van der Waals surface area (Å²) < 4.78 is 23.5. The van der Waals surface area contributed by atoms with Crippen LogP contribution < -0.4 is 4.90 Å². The summed E-state index contributed by atoms with van der Waals surface area (Å²) in [6.45, 7) is 5.98. The van der Waals surface area contributed by atoms with E-state index < -0.39 is 12.1 Å². The van der Waals surface area contributed by atoms with Gasteiger partial charge in [-0.1, -0.05) is 6.92 Å². The molecule has 0 aliphatic rings.